The SMILES string of the molecule is CCc1coc(-c2ccc(C(F)(F)F)cc2)c1C(=O)N1CCN(c2ccc(Cl)cc2)CC1. The summed E-state index contributed by atoms with van der Waals surface area (Å²) in [7, 11) is 0. The minimum absolute atomic E-state index is 0.166. The third kappa shape index (κ3) is 4.48. The molecule has 2 aromatic carbocycles. The summed E-state index contributed by atoms with van der Waals surface area (Å²) in [6, 6.07) is 12.3. The Bertz CT molecular complexity index is 1080. The number of carbonyl (C=O) groups excluding carboxylic acids is 1. The molecule has 4 nitrogen and oxygen atoms in total. The second kappa shape index (κ2) is 8.90. The molecule has 1 fully saturated rings. The summed E-state index contributed by atoms with van der Waals surface area (Å²) in [4.78, 5) is 17.4. The zero-order valence-electron chi connectivity index (χ0n) is 17.5. The van der Waals surface area contributed by atoms with Crippen LogP contribution in [0.4, 0.5) is 18.9 Å². The van der Waals surface area contributed by atoms with E-state index in [1.54, 1.807) is 4.90 Å². The van der Waals surface area contributed by atoms with Crippen LogP contribution < -0.4 is 4.90 Å². The molecule has 1 aliphatic rings. The van der Waals surface area contributed by atoms with E-state index in [9.17, 15) is 18.0 Å². The lowest BCUT2D eigenvalue weighted by Gasteiger charge is -2.36. The number of furan rings is 1. The van der Waals surface area contributed by atoms with Crippen molar-refractivity contribution in [2.75, 3.05) is 31.1 Å². The van der Waals surface area contributed by atoms with Crippen molar-refractivity contribution in [2.45, 2.75) is 19.5 Å². The molecule has 3 aromatic rings. The van der Waals surface area contributed by atoms with Crippen molar-refractivity contribution < 1.29 is 22.4 Å². The fraction of sp³-hybridized carbons (Fsp3) is 0.292. The number of aryl methyl sites for hydroxylation is 1. The van der Waals surface area contributed by atoms with Crippen LogP contribution in [0.25, 0.3) is 11.3 Å². The number of halogens is 4. The molecule has 8 heteroatoms. The molecule has 0 unspecified atom stereocenters. The molecule has 0 spiro atoms. The van der Waals surface area contributed by atoms with Crippen LogP contribution in [0.1, 0.15) is 28.4 Å². The van der Waals surface area contributed by atoms with Gasteiger partial charge < -0.3 is 14.2 Å². The minimum atomic E-state index is -4.42. The second-order valence-corrected chi connectivity index (χ2v) is 8.09. The van der Waals surface area contributed by atoms with Crippen LogP contribution in [0.3, 0.4) is 0 Å². The van der Waals surface area contributed by atoms with Crippen molar-refractivity contribution in [1.29, 1.82) is 0 Å². The molecule has 0 saturated carbocycles. The zero-order chi connectivity index (χ0) is 22.9. The van der Waals surface area contributed by atoms with Gasteiger partial charge >= 0.3 is 6.18 Å². The minimum Gasteiger partial charge on any atom is -0.463 e. The molecule has 1 saturated heterocycles. The first-order chi connectivity index (χ1) is 15.3. The van der Waals surface area contributed by atoms with Crippen LogP contribution in [-0.2, 0) is 12.6 Å². The molecule has 1 aromatic heterocycles. The molecule has 0 atom stereocenters. The highest BCUT2D eigenvalue weighted by Crippen LogP contribution is 2.34. The van der Waals surface area contributed by atoms with E-state index < -0.39 is 11.7 Å². The first kappa shape index (κ1) is 22.3. The molecule has 1 aliphatic heterocycles. The van der Waals surface area contributed by atoms with Crippen molar-refractivity contribution in [3.8, 4) is 11.3 Å². The van der Waals surface area contributed by atoms with E-state index in [1.165, 1.54) is 18.4 Å². The van der Waals surface area contributed by atoms with E-state index in [2.05, 4.69) is 4.90 Å². The lowest BCUT2D eigenvalue weighted by molar-refractivity contribution is -0.137. The Kier molecular flexibility index (Phi) is 6.20. The number of hydrogen-bond acceptors (Lipinski definition) is 3. The maximum Gasteiger partial charge on any atom is 0.416 e. The fourth-order valence-corrected chi connectivity index (χ4v) is 4.02. The maximum absolute atomic E-state index is 13.4. The number of amides is 1. The molecule has 0 radical (unpaired) electrons. The number of nitrogens with zero attached hydrogens (tertiary/aromatic N) is 2. The average Bonchev–Trinajstić information content (AvgIpc) is 3.23. The van der Waals surface area contributed by atoms with Gasteiger partial charge in [0.05, 0.1) is 17.4 Å². The Morgan fingerprint density at radius 1 is 1.00 bits per heavy atom. The van der Waals surface area contributed by atoms with E-state index in [4.69, 9.17) is 16.0 Å². The van der Waals surface area contributed by atoms with Gasteiger partial charge in [-0.25, -0.2) is 0 Å². The van der Waals surface area contributed by atoms with E-state index in [0.29, 0.717) is 54.5 Å². The molecule has 0 aliphatic carbocycles. The van der Waals surface area contributed by atoms with Crippen LogP contribution in [0.5, 0.6) is 0 Å². The Morgan fingerprint density at radius 2 is 1.62 bits per heavy atom. The number of benzene rings is 2. The quantitative estimate of drug-likeness (QED) is 0.467. The monoisotopic (exact) mass is 462 g/mol. The number of anilines is 1. The summed E-state index contributed by atoms with van der Waals surface area (Å²) >= 11 is 5.96. The predicted octanol–water partition coefficient (Wildman–Crippen LogP) is 6.14. The summed E-state index contributed by atoms with van der Waals surface area (Å²) in [5.74, 6) is 0.141. The normalized spacial score (nSPS) is 14.7. The maximum atomic E-state index is 13.4. The fourth-order valence-electron chi connectivity index (χ4n) is 3.89. The van der Waals surface area contributed by atoms with E-state index >= 15 is 0 Å². The molecular weight excluding hydrogens is 441 g/mol. The number of hydrogen-bond donors (Lipinski definition) is 0. The molecule has 0 N–H and O–H groups in total. The molecular formula is C24H22ClF3N2O2. The topological polar surface area (TPSA) is 36.7 Å². The van der Waals surface area contributed by atoms with Crippen molar-refractivity contribution in [3.63, 3.8) is 0 Å². The highest BCUT2D eigenvalue weighted by Gasteiger charge is 2.31. The Hall–Kier alpha value is -2.93. The van der Waals surface area contributed by atoms with Crippen LogP contribution in [0.15, 0.2) is 59.2 Å². The number of carbonyl (C=O) groups is 1. The van der Waals surface area contributed by atoms with Gasteiger partial charge in [0.15, 0.2) is 0 Å². The van der Waals surface area contributed by atoms with Gasteiger partial charge in [0.1, 0.15) is 5.76 Å². The van der Waals surface area contributed by atoms with Crippen molar-refractivity contribution in [2.24, 2.45) is 0 Å². The predicted molar refractivity (Wildman–Crippen MR) is 118 cm³/mol. The van der Waals surface area contributed by atoms with Gasteiger partial charge in [-0.2, -0.15) is 13.2 Å². The summed E-state index contributed by atoms with van der Waals surface area (Å²) in [5, 5.41) is 0.672. The third-order valence-corrected chi connectivity index (χ3v) is 5.95. The van der Waals surface area contributed by atoms with Crippen molar-refractivity contribution >= 4 is 23.2 Å². The van der Waals surface area contributed by atoms with Crippen LogP contribution in [0.2, 0.25) is 5.02 Å². The first-order valence-electron chi connectivity index (χ1n) is 10.4. The molecule has 32 heavy (non-hydrogen) atoms. The molecule has 168 valence electrons. The van der Waals surface area contributed by atoms with E-state index in [-0.39, 0.29) is 5.91 Å². The standard InChI is InChI=1S/C24H22ClF3N2O2/c1-2-16-15-32-22(17-3-5-18(6-4-17)24(26,27)28)21(16)23(31)30-13-11-29(12-14-30)20-9-7-19(25)8-10-20/h3-10,15H,2,11-14H2,1H3. The summed E-state index contributed by atoms with van der Waals surface area (Å²) in [5.41, 5.74) is 1.91. The lowest BCUT2D eigenvalue weighted by Crippen LogP contribution is -2.49. The van der Waals surface area contributed by atoms with Crippen molar-refractivity contribution in [3.05, 3.63) is 76.5 Å². The van der Waals surface area contributed by atoms with Gasteiger partial charge in [0, 0.05) is 48.0 Å². The van der Waals surface area contributed by atoms with Crippen LogP contribution in [0, 0.1) is 0 Å². The van der Waals surface area contributed by atoms with Gasteiger partial charge in [-0.05, 0) is 42.8 Å². The lowest BCUT2D eigenvalue weighted by atomic mass is 10.0. The largest absolute Gasteiger partial charge is 0.463 e. The molecule has 2 heterocycles. The zero-order valence-corrected chi connectivity index (χ0v) is 18.2. The number of alkyl halides is 3. The van der Waals surface area contributed by atoms with E-state index in [0.717, 1.165) is 23.4 Å². The van der Waals surface area contributed by atoms with E-state index in [1.807, 2.05) is 31.2 Å². The van der Waals surface area contributed by atoms with Crippen LogP contribution >= 0.6 is 11.6 Å². The second-order valence-electron chi connectivity index (χ2n) is 7.65. The first-order valence-corrected chi connectivity index (χ1v) is 10.7. The summed E-state index contributed by atoms with van der Waals surface area (Å²) in [6.45, 7) is 4.31. The van der Waals surface area contributed by atoms with Crippen LogP contribution in [-0.4, -0.2) is 37.0 Å². The van der Waals surface area contributed by atoms with Crippen molar-refractivity contribution in [1.82, 2.24) is 4.90 Å². The highest BCUT2D eigenvalue weighted by atomic mass is 35.5. The molecule has 4 rings (SSSR count). The molecule has 0 bridgehead atoms. The van der Waals surface area contributed by atoms with Gasteiger partial charge in [-0.3, -0.25) is 4.79 Å². The summed E-state index contributed by atoms with van der Waals surface area (Å²) < 4.78 is 44.4. The number of rotatable bonds is 4. The average molecular weight is 463 g/mol. The highest BCUT2D eigenvalue weighted by molar-refractivity contribution is 6.30. The van der Waals surface area contributed by atoms with Gasteiger partial charge in [0.2, 0.25) is 0 Å². The molecule has 1 amide bonds. The number of piperazine rings is 1. The Morgan fingerprint density at radius 3 is 2.19 bits per heavy atom. The third-order valence-electron chi connectivity index (χ3n) is 5.70. The Labute approximate surface area is 189 Å². The Balaban J connectivity index is 1.54. The van der Waals surface area contributed by atoms with Gasteiger partial charge in [-0.15, -0.1) is 0 Å². The smallest absolute Gasteiger partial charge is 0.416 e. The van der Waals surface area contributed by atoms with Gasteiger partial charge in [-0.1, -0.05) is 30.7 Å². The summed E-state index contributed by atoms with van der Waals surface area (Å²) in [6.07, 6.45) is -2.32. The van der Waals surface area contributed by atoms with Gasteiger partial charge in [0.25, 0.3) is 5.91 Å².